The number of carbonyl (C=O) groups is 2. The van der Waals surface area contributed by atoms with Crippen molar-refractivity contribution in [1.29, 1.82) is 0 Å². The third kappa shape index (κ3) is 2.35. The number of benzene rings is 1. The SMILES string of the molecule is CN(C)c1ncccc1C(=O)N1CCC(=O)c2ccccc21. The van der Waals surface area contributed by atoms with E-state index in [0.29, 0.717) is 35.6 Å². The molecule has 0 bridgehead atoms. The van der Waals surface area contributed by atoms with Crippen LogP contribution in [0, 0.1) is 0 Å². The second-order valence-electron chi connectivity index (χ2n) is 5.42. The highest BCUT2D eigenvalue weighted by Gasteiger charge is 2.29. The van der Waals surface area contributed by atoms with E-state index < -0.39 is 0 Å². The fourth-order valence-electron chi connectivity index (χ4n) is 2.69. The van der Waals surface area contributed by atoms with Crippen LogP contribution >= 0.6 is 0 Å². The van der Waals surface area contributed by atoms with Crippen molar-refractivity contribution in [2.24, 2.45) is 0 Å². The summed E-state index contributed by atoms with van der Waals surface area (Å²) >= 11 is 0. The van der Waals surface area contributed by atoms with Gasteiger partial charge in [0, 0.05) is 38.8 Å². The maximum absolute atomic E-state index is 12.9. The van der Waals surface area contributed by atoms with E-state index in [0.717, 1.165) is 0 Å². The Morgan fingerprint density at radius 1 is 1.18 bits per heavy atom. The summed E-state index contributed by atoms with van der Waals surface area (Å²) in [6.07, 6.45) is 2.01. The first kappa shape index (κ1) is 14.3. The highest BCUT2D eigenvalue weighted by molar-refractivity contribution is 6.14. The summed E-state index contributed by atoms with van der Waals surface area (Å²) in [6, 6.07) is 10.8. The predicted molar refractivity (Wildman–Crippen MR) is 85.6 cm³/mol. The molecule has 0 unspecified atom stereocenters. The molecular weight excluding hydrogens is 278 g/mol. The van der Waals surface area contributed by atoms with E-state index in [4.69, 9.17) is 0 Å². The number of Topliss-reactive ketones (excluding diaryl/α,β-unsaturated/α-hetero) is 1. The van der Waals surface area contributed by atoms with E-state index in [9.17, 15) is 9.59 Å². The van der Waals surface area contributed by atoms with Crippen molar-refractivity contribution in [1.82, 2.24) is 4.98 Å². The molecule has 2 aromatic rings. The number of rotatable bonds is 2. The lowest BCUT2D eigenvalue weighted by molar-refractivity contribution is 0.0955. The molecule has 1 aromatic carbocycles. The number of fused-ring (bicyclic) bond motifs is 1. The van der Waals surface area contributed by atoms with Crippen LogP contribution in [0.25, 0.3) is 0 Å². The average molecular weight is 295 g/mol. The van der Waals surface area contributed by atoms with Crippen molar-refractivity contribution in [2.75, 3.05) is 30.4 Å². The van der Waals surface area contributed by atoms with Crippen molar-refractivity contribution in [3.05, 3.63) is 53.7 Å². The molecular formula is C17H17N3O2. The Morgan fingerprint density at radius 3 is 2.73 bits per heavy atom. The summed E-state index contributed by atoms with van der Waals surface area (Å²) in [5.41, 5.74) is 1.83. The maximum Gasteiger partial charge on any atom is 0.262 e. The first-order valence-corrected chi connectivity index (χ1v) is 7.16. The van der Waals surface area contributed by atoms with Crippen LogP contribution in [0.15, 0.2) is 42.6 Å². The Bertz CT molecular complexity index is 740. The zero-order chi connectivity index (χ0) is 15.7. The fourth-order valence-corrected chi connectivity index (χ4v) is 2.69. The van der Waals surface area contributed by atoms with E-state index in [-0.39, 0.29) is 11.7 Å². The third-order valence-corrected chi connectivity index (χ3v) is 3.74. The van der Waals surface area contributed by atoms with Gasteiger partial charge in [0.2, 0.25) is 0 Å². The summed E-state index contributed by atoms with van der Waals surface area (Å²) in [6.45, 7) is 0.399. The summed E-state index contributed by atoms with van der Waals surface area (Å²) in [5, 5.41) is 0. The van der Waals surface area contributed by atoms with Crippen LogP contribution in [0.1, 0.15) is 27.1 Å². The van der Waals surface area contributed by atoms with Crippen molar-refractivity contribution in [2.45, 2.75) is 6.42 Å². The van der Waals surface area contributed by atoms with Gasteiger partial charge in [-0.05, 0) is 24.3 Å². The van der Waals surface area contributed by atoms with Gasteiger partial charge in [0.15, 0.2) is 5.78 Å². The zero-order valence-electron chi connectivity index (χ0n) is 12.6. The number of carbonyl (C=O) groups excluding carboxylic acids is 2. The van der Waals surface area contributed by atoms with E-state index >= 15 is 0 Å². The number of nitrogens with zero attached hydrogens (tertiary/aromatic N) is 3. The molecule has 0 fully saturated rings. The van der Waals surface area contributed by atoms with Crippen molar-refractivity contribution >= 4 is 23.2 Å². The standard InChI is InChI=1S/C17H17N3O2/c1-19(2)16-13(7-5-10-18-16)17(22)20-11-9-15(21)12-6-3-4-8-14(12)20/h3-8,10H,9,11H2,1-2H3. The third-order valence-electron chi connectivity index (χ3n) is 3.74. The molecule has 1 aliphatic heterocycles. The highest BCUT2D eigenvalue weighted by atomic mass is 16.2. The Labute approximate surface area is 129 Å². The van der Waals surface area contributed by atoms with E-state index in [1.807, 2.05) is 37.2 Å². The Kier molecular flexibility index (Phi) is 3.63. The van der Waals surface area contributed by atoms with Gasteiger partial charge in [-0.1, -0.05) is 12.1 Å². The molecule has 0 saturated heterocycles. The monoisotopic (exact) mass is 295 g/mol. The minimum absolute atomic E-state index is 0.0821. The minimum atomic E-state index is -0.128. The van der Waals surface area contributed by atoms with Crippen LogP contribution in [0.5, 0.6) is 0 Å². The molecule has 1 amide bonds. The molecule has 5 heteroatoms. The van der Waals surface area contributed by atoms with Gasteiger partial charge in [0.25, 0.3) is 5.91 Å². The number of hydrogen-bond donors (Lipinski definition) is 0. The van der Waals surface area contributed by atoms with Crippen LogP contribution in [0.4, 0.5) is 11.5 Å². The van der Waals surface area contributed by atoms with Gasteiger partial charge < -0.3 is 9.80 Å². The molecule has 2 heterocycles. The maximum atomic E-state index is 12.9. The first-order chi connectivity index (χ1) is 10.6. The molecule has 0 aliphatic carbocycles. The van der Waals surface area contributed by atoms with E-state index in [1.54, 1.807) is 29.3 Å². The molecule has 1 aromatic heterocycles. The Morgan fingerprint density at radius 2 is 1.95 bits per heavy atom. The van der Waals surface area contributed by atoms with Crippen LogP contribution in [-0.2, 0) is 0 Å². The molecule has 3 rings (SSSR count). The largest absolute Gasteiger partial charge is 0.362 e. The molecule has 0 N–H and O–H groups in total. The number of para-hydroxylation sites is 1. The predicted octanol–water partition coefficient (Wildman–Crippen LogP) is 2.38. The van der Waals surface area contributed by atoms with Gasteiger partial charge in [0.05, 0.1) is 11.3 Å². The number of aromatic nitrogens is 1. The molecule has 0 saturated carbocycles. The second-order valence-corrected chi connectivity index (χ2v) is 5.42. The van der Waals surface area contributed by atoms with Gasteiger partial charge in [-0.3, -0.25) is 9.59 Å². The molecule has 0 radical (unpaired) electrons. The lowest BCUT2D eigenvalue weighted by Gasteiger charge is -2.29. The number of hydrogen-bond acceptors (Lipinski definition) is 4. The van der Waals surface area contributed by atoms with Gasteiger partial charge in [-0.2, -0.15) is 0 Å². The lowest BCUT2D eigenvalue weighted by Crippen LogP contribution is -2.38. The van der Waals surface area contributed by atoms with Crippen molar-refractivity contribution < 1.29 is 9.59 Å². The van der Waals surface area contributed by atoms with E-state index in [1.165, 1.54) is 0 Å². The Balaban J connectivity index is 2.04. The zero-order valence-corrected chi connectivity index (χ0v) is 12.6. The topological polar surface area (TPSA) is 53.5 Å². The fraction of sp³-hybridized carbons (Fsp3) is 0.235. The van der Waals surface area contributed by atoms with Crippen LogP contribution in [-0.4, -0.2) is 37.3 Å². The van der Waals surface area contributed by atoms with Gasteiger partial charge in [-0.15, -0.1) is 0 Å². The molecule has 22 heavy (non-hydrogen) atoms. The average Bonchev–Trinajstić information content (AvgIpc) is 2.55. The molecule has 1 aliphatic rings. The van der Waals surface area contributed by atoms with Crippen LogP contribution < -0.4 is 9.80 Å². The van der Waals surface area contributed by atoms with Crippen LogP contribution in [0.2, 0.25) is 0 Å². The highest BCUT2D eigenvalue weighted by Crippen LogP contribution is 2.29. The minimum Gasteiger partial charge on any atom is -0.362 e. The first-order valence-electron chi connectivity index (χ1n) is 7.16. The van der Waals surface area contributed by atoms with Crippen molar-refractivity contribution in [3.63, 3.8) is 0 Å². The number of ketones is 1. The van der Waals surface area contributed by atoms with E-state index in [2.05, 4.69) is 4.98 Å². The second kappa shape index (κ2) is 5.60. The number of anilines is 2. The molecule has 0 spiro atoms. The normalized spacial score (nSPS) is 13.7. The number of pyridine rings is 1. The summed E-state index contributed by atoms with van der Waals surface area (Å²) in [7, 11) is 3.71. The van der Waals surface area contributed by atoms with Crippen molar-refractivity contribution in [3.8, 4) is 0 Å². The van der Waals surface area contributed by atoms with Gasteiger partial charge in [-0.25, -0.2) is 4.98 Å². The Hall–Kier alpha value is -2.69. The number of amides is 1. The summed E-state index contributed by atoms with van der Waals surface area (Å²) < 4.78 is 0. The summed E-state index contributed by atoms with van der Waals surface area (Å²) in [4.78, 5) is 32.7. The molecule has 5 nitrogen and oxygen atoms in total. The quantitative estimate of drug-likeness (QED) is 0.853. The van der Waals surface area contributed by atoms with Crippen LogP contribution in [0.3, 0.4) is 0 Å². The van der Waals surface area contributed by atoms with Gasteiger partial charge >= 0.3 is 0 Å². The van der Waals surface area contributed by atoms with Gasteiger partial charge in [0.1, 0.15) is 5.82 Å². The lowest BCUT2D eigenvalue weighted by atomic mass is 9.99. The smallest absolute Gasteiger partial charge is 0.262 e. The molecule has 0 atom stereocenters. The summed E-state index contributed by atoms with van der Waals surface area (Å²) in [5.74, 6) is 0.581. The molecule has 112 valence electrons.